The van der Waals surface area contributed by atoms with E-state index in [-0.39, 0.29) is 11.6 Å². The molecular weight excluding hydrogens is 240 g/mol. The van der Waals surface area contributed by atoms with E-state index in [1.165, 1.54) is 0 Å². The van der Waals surface area contributed by atoms with Gasteiger partial charge in [-0.1, -0.05) is 19.1 Å². The number of rotatable bonds is 7. The highest BCUT2D eigenvalue weighted by atomic mass is 16.5. The Balaban J connectivity index is 2.31. The number of aromatic nitrogens is 3. The maximum absolute atomic E-state index is 5.73. The van der Waals surface area contributed by atoms with Crippen LogP contribution in [0.25, 0.3) is 0 Å². The molecule has 0 saturated carbocycles. The zero-order valence-electron chi connectivity index (χ0n) is 13.1. The molecule has 1 atom stereocenters. The standard InChI is InChI=1S/C14H28N4O/c1-11(2)12(3)19-8-7-18-10-13(16-17-18)9-15-14(4,5)6/h10-12,15H,7-9H2,1-6H3. The average molecular weight is 268 g/mol. The van der Waals surface area contributed by atoms with Crippen LogP contribution >= 0.6 is 0 Å². The van der Waals surface area contributed by atoms with Crippen molar-refractivity contribution < 1.29 is 4.74 Å². The lowest BCUT2D eigenvalue weighted by molar-refractivity contribution is 0.0293. The lowest BCUT2D eigenvalue weighted by Gasteiger charge is -2.19. The third-order valence-electron chi connectivity index (χ3n) is 3.03. The van der Waals surface area contributed by atoms with Gasteiger partial charge in [-0.25, -0.2) is 4.68 Å². The van der Waals surface area contributed by atoms with E-state index in [9.17, 15) is 0 Å². The average Bonchev–Trinajstić information content (AvgIpc) is 2.73. The van der Waals surface area contributed by atoms with Crippen molar-refractivity contribution in [2.24, 2.45) is 5.92 Å². The summed E-state index contributed by atoms with van der Waals surface area (Å²) in [5.74, 6) is 0.544. The number of nitrogens with zero attached hydrogens (tertiary/aromatic N) is 3. The fraction of sp³-hybridized carbons (Fsp3) is 0.857. The van der Waals surface area contributed by atoms with Crippen LogP contribution in [-0.4, -0.2) is 33.2 Å². The Hall–Kier alpha value is -0.940. The summed E-state index contributed by atoms with van der Waals surface area (Å²) in [6.07, 6.45) is 2.26. The van der Waals surface area contributed by atoms with Crippen molar-refractivity contribution in [2.45, 2.75) is 66.3 Å². The van der Waals surface area contributed by atoms with E-state index in [1.54, 1.807) is 0 Å². The molecule has 0 bridgehead atoms. The summed E-state index contributed by atoms with van der Waals surface area (Å²) < 4.78 is 7.57. The van der Waals surface area contributed by atoms with Crippen molar-refractivity contribution in [3.05, 3.63) is 11.9 Å². The minimum Gasteiger partial charge on any atom is -0.376 e. The van der Waals surface area contributed by atoms with Crippen LogP contribution in [0.2, 0.25) is 0 Å². The Morgan fingerprint density at radius 3 is 2.58 bits per heavy atom. The summed E-state index contributed by atoms with van der Waals surface area (Å²) >= 11 is 0. The van der Waals surface area contributed by atoms with Crippen LogP contribution in [0, 0.1) is 5.92 Å². The second-order valence-electron chi connectivity index (χ2n) is 6.40. The number of hydrogen-bond donors (Lipinski definition) is 1. The highest BCUT2D eigenvalue weighted by molar-refractivity contribution is 4.92. The van der Waals surface area contributed by atoms with Gasteiger partial charge in [0.25, 0.3) is 0 Å². The third kappa shape index (κ3) is 6.68. The summed E-state index contributed by atoms with van der Waals surface area (Å²) in [6.45, 7) is 15.0. The van der Waals surface area contributed by atoms with Crippen molar-refractivity contribution >= 4 is 0 Å². The van der Waals surface area contributed by atoms with Gasteiger partial charge in [0.05, 0.1) is 24.9 Å². The van der Waals surface area contributed by atoms with E-state index in [0.29, 0.717) is 12.5 Å². The number of ether oxygens (including phenoxy) is 1. The Labute approximate surface area is 116 Å². The molecule has 1 aromatic rings. The van der Waals surface area contributed by atoms with Crippen molar-refractivity contribution in [1.82, 2.24) is 20.3 Å². The summed E-state index contributed by atoms with van der Waals surface area (Å²) in [5, 5.41) is 11.6. The maximum atomic E-state index is 5.73. The minimum absolute atomic E-state index is 0.0968. The smallest absolute Gasteiger partial charge is 0.0965 e. The Morgan fingerprint density at radius 2 is 2.00 bits per heavy atom. The van der Waals surface area contributed by atoms with Crippen LogP contribution in [0.1, 0.15) is 47.2 Å². The van der Waals surface area contributed by atoms with Gasteiger partial charge in [0.15, 0.2) is 0 Å². The van der Waals surface area contributed by atoms with Crippen molar-refractivity contribution in [3.8, 4) is 0 Å². The van der Waals surface area contributed by atoms with Gasteiger partial charge in [-0.05, 0) is 33.6 Å². The largest absolute Gasteiger partial charge is 0.376 e. The zero-order valence-corrected chi connectivity index (χ0v) is 13.1. The molecule has 0 aliphatic rings. The van der Waals surface area contributed by atoms with Crippen LogP contribution in [0.15, 0.2) is 6.20 Å². The first-order valence-corrected chi connectivity index (χ1v) is 7.03. The van der Waals surface area contributed by atoms with E-state index < -0.39 is 0 Å². The molecule has 1 N–H and O–H groups in total. The number of hydrogen-bond acceptors (Lipinski definition) is 4. The fourth-order valence-corrected chi connectivity index (χ4v) is 1.41. The molecule has 110 valence electrons. The van der Waals surface area contributed by atoms with Gasteiger partial charge in [-0.2, -0.15) is 0 Å². The van der Waals surface area contributed by atoms with E-state index in [1.807, 2.05) is 10.9 Å². The van der Waals surface area contributed by atoms with Crippen LogP contribution in [0.3, 0.4) is 0 Å². The first-order valence-electron chi connectivity index (χ1n) is 7.03. The van der Waals surface area contributed by atoms with Gasteiger partial charge < -0.3 is 10.1 Å². The summed E-state index contributed by atoms with van der Waals surface area (Å²) in [6, 6.07) is 0. The SMILES string of the molecule is CC(C)C(C)OCCn1cc(CNC(C)(C)C)nn1. The molecular formula is C14H28N4O. The molecule has 0 saturated heterocycles. The molecule has 0 fully saturated rings. The highest BCUT2D eigenvalue weighted by Crippen LogP contribution is 2.05. The number of nitrogens with one attached hydrogen (secondary N) is 1. The Kier molecular flexibility index (Phi) is 5.94. The molecule has 0 aromatic carbocycles. The molecule has 0 aliphatic carbocycles. The molecule has 0 amide bonds. The van der Waals surface area contributed by atoms with Gasteiger partial charge in [0, 0.05) is 18.3 Å². The van der Waals surface area contributed by atoms with E-state index in [2.05, 4.69) is 57.2 Å². The fourth-order valence-electron chi connectivity index (χ4n) is 1.41. The van der Waals surface area contributed by atoms with E-state index in [4.69, 9.17) is 4.74 Å². The minimum atomic E-state index is 0.0968. The maximum Gasteiger partial charge on any atom is 0.0965 e. The predicted octanol–water partition coefficient (Wildman–Crippen LogP) is 2.23. The lowest BCUT2D eigenvalue weighted by atomic mass is 10.1. The summed E-state index contributed by atoms with van der Waals surface area (Å²) in [5.41, 5.74) is 1.06. The first kappa shape index (κ1) is 16.1. The topological polar surface area (TPSA) is 52.0 Å². The van der Waals surface area contributed by atoms with Crippen LogP contribution in [0.4, 0.5) is 0 Å². The van der Waals surface area contributed by atoms with Crippen molar-refractivity contribution in [1.29, 1.82) is 0 Å². The van der Waals surface area contributed by atoms with Crippen LogP contribution < -0.4 is 5.32 Å². The Morgan fingerprint density at radius 1 is 1.32 bits per heavy atom. The quantitative estimate of drug-likeness (QED) is 0.824. The predicted molar refractivity (Wildman–Crippen MR) is 76.9 cm³/mol. The molecule has 0 aliphatic heterocycles. The van der Waals surface area contributed by atoms with Gasteiger partial charge >= 0.3 is 0 Å². The molecule has 1 rings (SSSR count). The molecule has 1 unspecified atom stereocenters. The van der Waals surface area contributed by atoms with Gasteiger partial charge in [-0.15, -0.1) is 5.10 Å². The molecule has 0 radical (unpaired) electrons. The van der Waals surface area contributed by atoms with E-state index in [0.717, 1.165) is 18.8 Å². The third-order valence-corrected chi connectivity index (χ3v) is 3.03. The van der Waals surface area contributed by atoms with Gasteiger partial charge in [0.2, 0.25) is 0 Å². The second-order valence-corrected chi connectivity index (χ2v) is 6.40. The van der Waals surface area contributed by atoms with Gasteiger partial charge in [-0.3, -0.25) is 0 Å². The van der Waals surface area contributed by atoms with Crippen molar-refractivity contribution in [3.63, 3.8) is 0 Å². The molecule has 19 heavy (non-hydrogen) atoms. The van der Waals surface area contributed by atoms with Gasteiger partial charge in [0.1, 0.15) is 0 Å². The summed E-state index contributed by atoms with van der Waals surface area (Å²) in [4.78, 5) is 0. The monoisotopic (exact) mass is 268 g/mol. The molecule has 5 nitrogen and oxygen atoms in total. The van der Waals surface area contributed by atoms with Crippen LogP contribution in [-0.2, 0) is 17.8 Å². The van der Waals surface area contributed by atoms with E-state index >= 15 is 0 Å². The summed E-state index contributed by atoms with van der Waals surface area (Å²) in [7, 11) is 0. The van der Waals surface area contributed by atoms with Crippen molar-refractivity contribution in [2.75, 3.05) is 6.61 Å². The molecule has 0 spiro atoms. The first-order chi connectivity index (χ1) is 8.78. The molecule has 1 heterocycles. The highest BCUT2D eigenvalue weighted by Gasteiger charge is 2.10. The Bertz CT molecular complexity index is 368. The van der Waals surface area contributed by atoms with Crippen LogP contribution in [0.5, 0.6) is 0 Å². The normalized spacial score (nSPS) is 14.1. The second kappa shape index (κ2) is 7.01. The zero-order chi connectivity index (χ0) is 14.5. The molecule has 5 heteroatoms. The lowest BCUT2D eigenvalue weighted by Crippen LogP contribution is -2.35. The molecule has 1 aromatic heterocycles.